The number of nitrogens with one attached hydrogen (secondary N) is 2. The molecule has 0 bridgehead atoms. The molecule has 3 rings (SSSR count). The molecule has 0 spiro atoms. The van der Waals surface area contributed by atoms with E-state index >= 15 is 0 Å². The number of amides is 2. The zero-order valence-corrected chi connectivity index (χ0v) is 17.8. The molecule has 2 N–H and O–H groups in total. The highest BCUT2D eigenvalue weighted by molar-refractivity contribution is 6.39. The number of aromatic nitrogens is 1. The van der Waals surface area contributed by atoms with Gasteiger partial charge in [-0.05, 0) is 44.2 Å². The van der Waals surface area contributed by atoms with E-state index in [2.05, 4.69) is 20.4 Å². The number of carbonyl (C=O) groups excluding carboxylic acids is 2. The molecule has 0 unspecified atom stereocenters. The summed E-state index contributed by atoms with van der Waals surface area (Å²) in [6.45, 7) is 3.93. The largest absolute Gasteiger partial charge is 0.497 e. The van der Waals surface area contributed by atoms with Gasteiger partial charge < -0.3 is 19.4 Å². The Morgan fingerprint density at radius 2 is 1.61 bits per heavy atom. The van der Waals surface area contributed by atoms with Crippen LogP contribution in [0.25, 0.3) is 5.69 Å². The first kappa shape index (κ1) is 21.6. The highest BCUT2D eigenvalue weighted by atomic mass is 16.5. The van der Waals surface area contributed by atoms with Crippen LogP contribution in [0.1, 0.15) is 17.0 Å². The highest BCUT2D eigenvalue weighted by Crippen LogP contribution is 2.23. The number of hydrazone groups is 1. The molecular formula is C23H24N4O4. The molecule has 1 heterocycles. The Labute approximate surface area is 180 Å². The van der Waals surface area contributed by atoms with Crippen LogP contribution in [-0.2, 0) is 9.59 Å². The van der Waals surface area contributed by atoms with E-state index < -0.39 is 11.8 Å². The van der Waals surface area contributed by atoms with Crippen LogP contribution in [0.3, 0.4) is 0 Å². The topological polar surface area (TPSA) is 94.0 Å². The summed E-state index contributed by atoms with van der Waals surface area (Å²) in [4.78, 5) is 24.1. The lowest BCUT2D eigenvalue weighted by atomic mass is 10.2. The minimum atomic E-state index is -0.874. The summed E-state index contributed by atoms with van der Waals surface area (Å²) in [7, 11) is 3.15. The van der Waals surface area contributed by atoms with Gasteiger partial charge in [0.2, 0.25) is 0 Å². The molecule has 2 amide bonds. The molecule has 0 saturated heterocycles. The van der Waals surface area contributed by atoms with Crippen molar-refractivity contribution >= 4 is 23.7 Å². The summed E-state index contributed by atoms with van der Waals surface area (Å²) in [6, 6.07) is 16.4. The van der Waals surface area contributed by atoms with Gasteiger partial charge >= 0.3 is 11.8 Å². The molecule has 0 radical (unpaired) electrons. The van der Waals surface area contributed by atoms with Crippen molar-refractivity contribution in [1.82, 2.24) is 9.99 Å². The van der Waals surface area contributed by atoms with Crippen LogP contribution in [0.4, 0.5) is 5.69 Å². The SMILES string of the molecule is COc1cccc(NC(=O)C(=O)N/N=C\c2cc(C)n(-c3cccc(OC)c3)c2C)c1. The number of nitrogens with zero attached hydrogens (tertiary/aromatic N) is 2. The van der Waals surface area contributed by atoms with E-state index in [-0.39, 0.29) is 0 Å². The number of aryl methyl sites for hydroxylation is 1. The number of benzene rings is 2. The van der Waals surface area contributed by atoms with E-state index in [0.717, 1.165) is 28.4 Å². The van der Waals surface area contributed by atoms with E-state index in [4.69, 9.17) is 9.47 Å². The lowest BCUT2D eigenvalue weighted by Gasteiger charge is -2.11. The lowest BCUT2D eigenvalue weighted by molar-refractivity contribution is -0.136. The van der Waals surface area contributed by atoms with E-state index in [1.54, 1.807) is 31.4 Å². The number of methoxy groups -OCH3 is 2. The van der Waals surface area contributed by atoms with Gasteiger partial charge in [0.25, 0.3) is 0 Å². The summed E-state index contributed by atoms with van der Waals surface area (Å²) in [5.41, 5.74) is 6.40. The first-order chi connectivity index (χ1) is 14.9. The molecule has 0 aliphatic carbocycles. The van der Waals surface area contributed by atoms with Gasteiger partial charge in [0.05, 0.1) is 20.4 Å². The second-order valence-corrected chi connectivity index (χ2v) is 6.75. The van der Waals surface area contributed by atoms with Crippen LogP contribution in [-0.4, -0.2) is 36.8 Å². The molecule has 8 heteroatoms. The Morgan fingerprint density at radius 1 is 0.935 bits per heavy atom. The molecule has 3 aromatic rings. The third kappa shape index (κ3) is 5.11. The van der Waals surface area contributed by atoms with E-state index in [1.165, 1.54) is 13.3 Å². The molecule has 0 aliphatic heterocycles. The number of rotatable bonds is 6. The quantitative estimate of drug-likeness (QED) is 0.364. The van der Waals surface area contributed by atoms with E-state index in [0.29, 0.717) is 11.4 Å². The molecule has 160 valence electrons. The first-order valence-corrected chi connectivity index (χ1v) is 9.54. The average molecular weight is 420 g/mol. The van der Waals surface area contributed by atoms with Crippen molar-refractivity contribution in [2.75, 3.05) is 19.5 Å². The van der Waals surface area contributed by atoms with Crippen molar-refractivity contribution in [3.05, 3.63) is 71.5 Å². The maximum absolute atomic E-state index is 12.1. The van der Waals surface area contributed by atoms with Crippen LogP contribution in [0.2, 0.25) is 0 Å². The Bertz CT molecular complexity index is 1130. The molecular weight excluding hydrogens is 396 g/mol. The summed E-state index contributed by atoms with van der Waals surface area (Å²) < 4.78 is 12.5. The first-order valence-electron chi connectivity index (χ1n) is 9.54. The van der Waals surface area contributed by atoms with Crippen molar-refractivity contribution in [2.45, 2.75) is 13.8 Å². The van der Waals surface area contributed by atoms with Crippen molar-refractivity contribution in [1.29, 1.82) is 0 Å². The van der Waals surface area contributed by atoms with Gasteiger partial charge in [-0.25, -0.2) is 5.43 Å². The fourth-order valence-electron chi connectivity index (χ4n) is 3.17. The third-order valence-corrected chi connectivity index (χ3v) is 4.69. The number of hydrogen-bond donors (Lipinski definition) is 2. The molecule has 31 heavy (non-hydrogen) atoms. The van der Waals surface area contributed by atoms with Crippen molar-refractivity contribution < 1.29 is 19.1 Å². The van der Waals surface area contributed by atoms with E-state index in [1.807, 2.05) is 44.2 Å². The third-order valence-electron chi connectivity index (χ3n) is 4.69. The Hall–Kier alpha value is -4.07. The second-order valence-electron chi connectivity index (χ2n) is 6.75. The van der Waals surface area contributed by atoms with Crippen LogP contribution in [0, 0.1) is 13.8 Å². The van der Waals surface area contributed by atoms with Gasteiger partial charge in [-0.15, -0.1) is 0 Å². The molecule has 0 aliphatic rings. The van der Waals surface area contributed by atoms with Gasteiger partial charge in [0.15, 0.2) is 0 Å². The average Bonchev–Trinajstić information content (AvgIpc) is 3.06. The van der Waals surface area contributed by atoms with E-state index in [9.17, 15) is 9.59 Å². The lowest BCUT2D eigenvalue weighted by Crippen LogP contribution is -2.32. The fourth-order valence-corrected chi connectivity index (χ4v) is 3.17. The maximum Gasteiger partial charge on any atom is 0.329 e. The molecule has 0 fully saturated rings. The maximum atomic E-state index is 12.1. The molecule has 0 atom stereocenters. The van der Waals surface area contributed by atoms with Crippen molar-refractivity contribution in [3.63, 3.8) is 0 Å². The summed E-state index contributed by atoms with van der Waals surface area (Å²) >= 11 is 0. The van der Waals surface area contributed by atoms with Crippen molar-refractivity contribution in [2.24, 2.45) is 5.10 Å². The number of hydrogen-bond acceptors (Lipinski definition) is 5. The summed E-state index contributed by atoms with van der Waals surface area (Å²) in [5, 5.41) is 6.43. The standard InChI is InChI=1S/C23H24N4O4/c1-15-11-17(16(2)27(15)19-8-6-10-21(13-19)31-4)14-24-26-23(29)22(28)25-18-7-5-9-20(12-18)30-3/h5-14H,1-4H3,(H,25,28)(H,26,29)/b24-14-. The number of anilines is 1. The predicted octanol–water partition coefficient (Wildman–Crippen LogP) is 3.20. The van der Waals surface area contributed by atoms with Gasteiger partial charge in [-0.3, -0.25) is 9.59 Å². The smallest absolute Gasteiger partial charge is 0.329 e. The van der Waals surface area contributed by atoms with Crippen molar-refractivity contribution in [3.8, 4) is 17.2 Å². The minimum absolute atomic E-state index is 0.449. The summed E-state index contributed by atoms with van der Waals surface area (Å²) in [5.74, 6) is -0.370. The van der Waals surface area contributed by atoms with Crippen LogP contribution >= 0.6 is 0 Å². The Morgan fingerprint density at radius 3 is 2.32 bits per heavy atom. The molecule has 0 saturated carbocycles. The van der Waals surface area contributed by atoms with Gasteiger partial charge in [0, 0.05) is 40.5 Å². The fraction of sp³-hybridized carbons (Fsp3) is 0.174. The van der Waals surface area contributed by atoms with Gasteiger partial charge in [-0.1, -0.05) is 12.1 Å². The van der Waals surface area contributed by atoms with Gasteiger partial charge in [0.1, 0.15) is 11.5 Å². The summed E-state index contributed by atoms with van der Waals surface area (Å²) in [6.07, 6.45) is 1.51. The van der Waals surface area contributed by atoms with Crippen LogP contribution < -0.4 is 20.2 Å². The Balaban J connectivity index is 1.68. The molecule has 2 aromatic carbocycles. The Kier molecular flexibility index (Phi) is 6.71. The molecule has 1 aromatic heterocycles. The number of carbonyl (C=O) groups is 2. The van der Waals surface area contributed by atoms with Gasteiger partial charge in [-0.2, -0.15) is 5.10 Å². The minimum Gasteiger partial charge on any atom is -0.497 e. The highest BCUT2D eigenvalue weighted by Gasteiger charge is 2.14. The predicted molar refractivity (Wildman–Crippen MR) is 119 cm³/mol. The van der Waals surface area contributed by atoms with Crippen LogP contribution in [0.5, 0.6) is 11.5 Å². The molecule has 8 nitrogen and oxygen atoms in total. The monoisotopic (exact) mass is 420 g/mol. The zero-order chi connectivity index (χ0) is 22.4. The number of ether oxygens (including phenoxy) is 2. The zero-order valence-electron chi connectivity index (χ0n) is 17.8. The normalized spacial score (nSPS) is 10.7. The van der Waals surface area contributed by atoms with Crippen LogP contribution in [0.15, 0.2) is 59.7 Å². The second kappa shape index (κ2) is 9.62.